The Morgan fingerprint density at radius 1 is 1.11 bits per heavy atom. The zero-order valence-corrected chi connectivity index (χ0v) is 10.5. The van der Waals surface area contributed by atoms with Crippen molar-refractivity contribution < 1.29 is 35.5 Å². The van der Waals surface area contributed by atoms with E-state index in [4.69, 9.17) is 0 Å². The summed E-state index contributed by atoms with van der Waals surface area (Å²) in [7, 11) is 0. The fourth-order valence-corrected chi connectivity index (χ4v) is 1.53. The molecule has 0 atom stereocenters. The molecule has 1 aromatic carbocycles. The lowest BCUT2D eigenvalue weighted by Gasteiger charge is -2.17. The smallest absolute Gasteiger partial charge is 0.417 e. The van der Waals surface area contributed by atoms with Crippen molar-refractivity contribution in [2.75, 3.05) is 6.61 Å². The van der Waals surface area contributed by atoms with E-state index in [9.17, 15) is 30.7 Å². The van der Waals surface area contributed by atoms with Crippen LogP contribution in [0.2, 0.25) is 0 Å². The Kier molecular flexibility index (Phi) is 4.70. The summed E-state index contributed by atoms with van der Waals surface area (Å²) in [5.41, 5.74) is -1.15. The highest BCUT2D eigenvalue weighted by Crippen LogP contribution is 2.37. The Morgan fingerprint density at radius 2 is 1.68 bits per heavy atom. The first-order valence-electron chi connectivity index (χ1n) is 4.69. The van der Waals surface area contributed by atoms with E-state index in [1.54, 1.807) is 0 Å². The van der Waals surface area contributed by atoms with E-state index in [-0.39, 0.29) is 4.47 Å². The quantitative estimate of drug-likeness (QED) is 0.709. The molecule has 0 aliphatic rings. The maximum absolute atomic E-state index is 12.5. The third-order valence-corrected chi connectivity index (χ3v) is 2.69. The Bertz CT molecular complexity index is 444. The van der Waals surface area contributed by atoms with E-state index in [1.807, 2.05) is 0 Å². The van der Waals surface area contributed by atoms with Gasteiger partial charge in [-0.3, -0.25) is 0 Å². The maximum Gasteiger partial charge on any atom is 0.417 e. The second-order valence-electron chi connectivity index (χ2n) is 3.49. The number of ether oxygens (including phenoxy) is 1. The molecule has 0 aliphatic carbocycles. The molecule has 0 saturated carbocycles. The second-order valence-corrected chi connectivity index (χ2v) is 4.34. The molecule has 0 N–H and O–H groups in total. The Hall–Kier alpha value is -0.990. The van der Waals surface area contributed by atoms with Gasteiger partial charge in [0.05, 0.1) is 5.56 Å². The summed E-state index contributed by atoms with van der Waals surface area (Å²) >= 11 is 2.64. The number of rotatable bonds is 4. The van der Waals surface area contributed by atoms with Crippen molar-refractivity contribution in [3.8, 4) is 5.75 Å². The lowest BCUT2D eigenvalue weighted by molar-refractivity contribution is -0.148. The molecule has 9 heteroatoms. The standard InChI is InChI=1S/C10H6BrF7O/c11-7-2-1-5(3-6(7)10(16,17)18)19-4-9(14,15)8(12)13/h1-3,8H,4H2. The third kappa shape index (κ3) is 4.26. The van der Waals surface area contributed by atoms with Crippen LogP contribution in [0.25, 0.3) is 0 Å². The Labute approximate surface area is 111 Å². The first-order chi connectivity index (χ1) is 8.54. The molecule has 1 rings (SSSR count). The highest BCUT2D eigenvalue weighted by atomic mass is 79.9. The monoisotopic (exact) mass is 354 g/mol. The summed E-state index contributed by atoms with van der Waals surface area (Å²) in [6, 6.07) is 2.34. The van der Waals surface area contributed by atoms with Gasteiger partial charge in [-0.1, -0.05) is 15.9 Å². The topological polar surface area (TPSA) is 9.23 Å². The lowest BCUT2D eigenvalue weighted by atomic mass is 10.2. The normalized spacial score (nSPS) is 12.9. The second kappa shape index (κ2) is 5.56. The van der Waals surface area contributed by atoms with Crippen LogP contribution in [0, 0.1) is 0 Å². The van der Waals surface area contributed by atoms with Gasteiger partial charge in [0.1, 0.15) is 5.75 Å². The summed E-state index contributed by atoms with van der Waals surface area (Å²) in [5, 5.41) is 0. The van der Waals surface area contributed by atoms with Crippen LogP contribution in [-0.4, -0.2) is 19.0 Å². The average Bonchev–Trinajstić information content (AvgIpc) is 2.26. The molecule has 19 heavy (non-hydrogen) atoms. The van der Waals surface area contributed by atoms with Crippen LogP contribution in [0.3, 0.4) is 0 Å². The van der Waals surface area contributed by atoms with Crippen LogP contribution in [0.4, 0.5) is 30.7 Å². The van der Waals surface area contributed by atoms with E-state index in [0.29, 0.717) is 6.07 Å². The largest absolute Gasteiger partial charge is 0.487 e. The number of halogens is 8. The number of hydrogen-bond donors (Lipinski definition) is 0. The van der Waals surface area contributed by atoms with Gasteiger partial charge in [0.2, 0.25) is 0 Å². The van der Waals surface area contributed by atoms with Crippen LogP contribution in [0.15, 0.2) is 22.7 Å². The summed E-state index contributed by atoms with van der Waals surface area (Å²) in [4.78, 5) is 0. The van der Waals surface area contributed by atoms with Crippen molar-refractivity contribution in [2.45, 2.75) is 18.5 Å². The minimum Gasteiger partial charge on any atom is -0.487 e. The Balaban J connectivity index is 2.87. The van der Waals surface area contributed by atoms with Gasteiger partial charge in [-0.25, -0.2) is 8.78 Å². The molecule has 0 saturated heterocycles. The number of hydrogen-bond acceptors (Lipinski definition) is 1. The predicted molar refractivity (Wildman–Crippen MR) is 55.6 cm³/mol. The zero-order chi connectivity index (χ0) is 14.8. The van der Waals surface area contributed by atoms with E-state index < -0.39 is 36.4 Å². The molecule has 0 aliphatic heterocycles. The molecule has 0 heterocycles. The van der Waals surface area contributed by atoms with Crippen molar-refractivity contribution in [1.82, 2.24) is 0 Å². The molecular weight excluding hydrogens is 349 g/mol. The molecular formula is C10H6BrF7O. The molecule has 0 spiro atoms. The fourth-order valence-electron chi connectivity index (χ4n) is 1.05. The minimum atomic E-state index is -4.72. The van der Waals surface area contributed by atoms with Crippen LogP contribution in [0.1, 0.15) is 5.56 Å². The molecule has 0 bridgehead atoms. The van der Waals surface area contributed by atoms with E-state index in [0.717, 1.165) is 12.1 Å². The highest BCUT2D eigenvalue weighted by Gasteiger charge is 2.42. The van der Waals surface area contributed by atoms with Gasteiger partial charge in [0.15, 0.2) is 6.61 Å². The molecule has 0 unspecified atom stereocenters. The van der Waals surface area contributed by atoms with Crippen LogP contribution >= 0.6 is 15.9 Å². The van der Waals surface area contributed by atoms with Crippen LogP contribution in [-0.2, 0) is 6.18 Å². The fraction of sp³-hybridized carbons (Fsp3) is 0.400. The van der Waals surface area contributed by atoms with E-state index >= 15 is 0 Å². The van der Waals surface area contributed by atoms with Crippen molar-refractivity contribution in [3.05, 3.63) is 28.2 Å². The highest BCUT2D eigenvalue weighted by molar-refractivity contribution is 9.10. The van der Waals surface area contributed by atoms with Gasteiger partial charge in [0, 0.05) is 4.47 Å². The summed E-state index contributed by atoms with van der Waals surface area (Å²) in [6.45, 7) is -1.70. The van der Waals surface area contributed by atoms with Crippen LogP contribution < -0.4 is 4.74 Å². The molecule has 0 fully saturated rings. The minimum absolute atomic E-state index is 0.312. The SMILES string of the molecule is FC(F)C(F)(F)COc1ccc(Br)c(C(F)(F)F)c1. The van der Waals surface area contributed by atoms with Crippen molar-refractivity contribution >= 4 is 15.9 Å². The lowest BCUT2D eigenvalue weighted by Crippen LogP contribution is -2.33. The van der Waals surface area contributed by atoms with Gasteiger partial charge < -0.3 is 4.74 Å². The molecule has 1 aromatic rings. The Morgan fingerprint density at radius 3 is 2.16 bits per heavy atom. The van der Waals surface area contributed by atoms with Crippen molar-refractivity contribution in [3.63, 3.8) is 0 Å². The van der Waals surface area contributed by atoms with Crippen LogP contribution in [0.5, 0.6) is 5.75 Å². The van der Waals surface area contributed by atoms with Crippen molar-refractivity contribution in [2.24, 2.45) is 0 Å². The molecule has 1 nitrogen and oxygen atoms in total. The van der Waals surface area contributed by atoms with Gasteiger partial charge in [-0.15, -0.1) is 0 Å². The molecule has 0 aromatic heterocycles. The third-order valence-electron chi connectivity index (χ3n) is 1.99. The van der Waals surface area contributed by atoms with Gasteiger partial charge >= 0.3 is 18.5 Å². The maximum atomic E-state index is 12.5. The van der Waals surface area contributed by atoms with Gasteiger partial charge in [0.25, 0.3) is 0 Å². The first kappa shape index (κ1) is 16.1. The summed E-state index contributed by atoms with van der Waals surface area (Å²) in [5.74, 6) is -5.00. The zero-order valence-electron chi connectivity index (χ0n) is 8.95. The summed E-state index contributed by atoms with van der Waals surface area (Å²) in [6.07, 6.45) is -8.67. The number of benzene rings is 1. The average molecular weight is 355 g/mol. The van der Waals surface area contributed by atoms with E-state index in [1.165, 1.54) is 0 Å². The predicted octanol–water partition coefficient (Wildman–Crippen LogP) is 4.75. The molecule has 108 valence electrons. The number of alkyl halides is 7. The van der Waals surface area contributed by atoms with Crippen molar-refractivity contribution in [1.29, 1.82) is 0 Å². The summed E-state index contributed by atoms with van der Waals surface area (Å²) < 4.78 is 90.1. The molecule has 0 amide bonds. The van der Waals surface area contributed by atoms with Gasteiger partial charge in [-0.05, 0) is 18.2 Å². The van der Waals surface area contributed by atoms with E-state index in [2.05, 4.69) is 20.7 Å². The first-order valence-corrected chi connectivity index (χ1v) is 5.49. The molecule has 0 radical (unpaired) electrons. The van der Waals surface area contributed by atoms with Gasteiger partial charge in [-0.2, -0.15) is 22.0 Å².